The second-order valence-corrected chi connectivity index (χ2v) is 4.22. The molecule has 0 saturated carbocycles. The lowest BCUT2D eigenvalue weighted by Crippen LogP contribution is -2.37. The van der Waals surface area contributed by atoms with E-state index in [0.29, 0.717) is 6.54 Å². The highest BCUT2D eigenvalue weighted by molar-refractivity contribution is 9.10. The van der Waals surface area contributed by atoms with Crippen LogP contribution in [0, 0.1) is 0 Å². The molecule has 0 aliphatic rings. The first-order valence-corrected chi connectivity index (χ1v) is 5.26. The molecular formula is C10H15BrN2O. The van der Waals surface area contributed by atoms with Gasteiger partial charge in [-0.05, 0) is 24.3 Å². The smallest absolute Gasteiger partial charge is 0.0599 e. The summed E-state index contributed by atoms with van der Waals surface area (Å²) in [7, 11) is 1.96. The third-order valence-electron chi connectivity index (χ3n) is 2.01. The van der Waals surface area contributed by atoms with Gasteiger partial charge in [0.2, 0.25) is 0 Å². The van der Waals surface area contributed by atoms with E-state index in [1.807, 2.05) is 36.2 Å². The second kappa shape index (κ2) is 5.34. The Balaban J connectivity index is 2.60. The summed E-state index contributed by atoms with van der Waals surface area (Å²) in [6, 6.07) is 7.79. The molecule has 0 spiro atoms. The fraction of sp³-hybridized carbons (Fsp3) is 0.400. The zero-order chi connectivity index (χ0) is 10.6. The maximum atomic E-state index is 8.82. The summed E-state index contributed by atoms with van der Waals surface area (Å²) in [6.45, 7) is 0.666. The largest absolute Gasteiger partial charge is 0.395 e. The van der Waals surface area contributed by atoms with Crippen LogP contribution in [0.1, 0.15) is 0 Å². The van der Waals surface area contributed by atoms with Crippen LogP contribution in [-0.2, 0) is 0 Å². The SMILES string of the molecule is CN(CC(N)CO)c1ccc(Br)cc1. The standard InChI is InChI=1S/C10H15BrN2O/c1-13(6-9(12)7-14)10-4-2-8(11)3-5-10/h2-5,9,14H,6-7,12H2,1H3. The second-order valence-electron chi connectivity index (χ2n) is 3.30. The van der Waals surface area contributed by atoms with Crippen molar-refractivity contribution >= 4 is 21.6 Å². The van der Waals surface area contributed by atoms with Crippen molar-refractivity contribution in [2.24, 2.45) is 5.73 Å². The Morgan fingerprint density at radius 2 is 2.00 bits per heavy atom. The minimum absolute atomic E-state index is 0.0148. The molecule has 4 heteroatoms. The molecule has 0 amide bonds. The van der Waals surface area contributed by atoms with Crippen molar-refractivity contribution in [1.29, 1.82) is 0 Å². The molecule has 1 aromatic rings. The lowest BCUT2D eigenvalue weighted by molar-refractivity contribution is 0.267. The Hall–Kier alpha value is -0.580. The van der Waals surface area contributed by atoms with Gasteiger partial charge in [0, 0.05) is 29.8 Å². The van der Waals surface area contributed by atoms with Crippen LogP contribution in [0.25, 0.3) is 0 Å². The number of nitrogens with two attached hydrogens (primary N) is 1. The van der Waals surface area contributed by atoms with Gasteiger partial charge in [-0.1, -0.05) is 15.9 Å². The van der Waals surface area contributed by atoms with Gasteiger partial charge in [0.05, 0.1) is 6.61 Å². The molecule has 0 bridgehead atoms. The van der Waals surface area contributed by atoms with Gasteiger partial charge in [-0.25, -0.2) is 0 Å². The van der Waals surface area contributed by atoms with E-state index in [9.17, 15) is 0 Å². The molecule has 14 heavy (non-hydrogen) atoms. The molecule has 78 valence electrons. The van der Waals surface area contributed by atoms with Crippen LogP contribution >= 0.6 is 15.9 Å². The molecule has 1 unspecified atom stereocenters. The first-order valence-electron chi connectivity index (χ1n) is 4.46. The van der Waals surface area contributed by atoms with Crippen LogP contribution in [0.15, 0.2) is 28.7 Å². The third kappa shape index (κ3) is 3.29. The molecule has 1 atom stereocenters. The topological polar surface area (TPSA) is 49.5 Å². The highest BCUT2D eigenvalue weighted by Gasteiger charge is 2.05. The molecule has 3 nitrogen and oxygen atoms in total. The number of hydrogen-bond acceptors (Lipinski definition) is 3. The molecule has 0 aromatic heterocycles. The van der Waals surface area contributed by atoms with Crippen LogP contribution in [0.2, 0.25) is 0 Å². The van der Waals surface area contributed by atoms with Gasteiger partial charge in [-0.3, -0.25) is 0 Å². The molecular weight excluding hydrogens is 244 g/mol. The number of rotatable bonds is 4. The molecule has 0 saturated heterocycles. The molecule has 3 N–H and O–H groups in total. The summed E-state index contributed by atoms with van der Waals surface area (Å²) >= 11 is 3.38. The number of halogens is 1. The van der Waals surface area contributed by atoms with E-state index in [1.54, 1.807) is 0 Å². The number of likely N-dealkylation sites (N-methyl/N-ethyl adjacent to an activating group) is 1. The Labute approximate surface area is 92.7 Å². The zero-order valence-corrected chi connectivity index (χ0v) is 9.74. The highest BCUT2D eigenvalue weighted by Crippen LogP contribution is 2.16. The summed E-state index contributed by atoms with van der Waals surface area (Å²) in [6.07, 6.45) is 0. The molecule has 0 heterocycles. The maximum Gasteiger partial charge on any atom is 0.0599 e. The first kappa shape index (κ1) is 11.5. The molecule has 0 aliphatic carbocycles. The van der Waals surface area contributed by atoms with Gasteiger partial charge >= 0.3 is 0 Å². The van der Waals surface area contributed by atoms with Gasteiger partial charge in [0.1, 0.15) is 0 Å². The van der Waals surface area contributed by atoms with Crippen molar-refractivity contribution in [1.82, 2.24) is 0 Å². The number of anilines is 1. The molecule has 0 aliphatic heterocycles. The Morgan fingerprint density at radius 3 is 2.50 bits per heavy atom. The average molecular weight is 259 g/mol. The van der Waals surface area contributed by atoms with Crippen molar-refractivity contribution in [2.75, 3.05) is 25.1 Å². The average Bonchev–Trinajstić information content (AvgIpc) is 2.18. The van der Waals surface area contributed by atoms with Gasteiger partial charge in [-0.15, -0.1) is 0 Å². The minimum atomic E-state index is -0.191. The minimum Gasteiger partial charge on any atom is -0.395 e. The van der Waals surface area contributed by atoms with E-state index in [2.05, 4.69) is 15.9 Å². The van der Waals surface area contributed by atoms with E-state index in [-0.39, 0.29) is 12.6 Å². The van der Waals surface area contributed by atoms with E-state index in [1.165, 1.54) is 0 Å². The predicted octanol–water partition coefficient (Wildman–Crippen LogP) is 1.20. The lowest BCUT2D eigenvalue weighted by atomic mass is 10.2. The summed E-state index contributed by atoms with van der Waals surface area (Å²) in [4.78, 5) is 2.02. The van der Waals surface area contributed by atoms with Crippen molar-refractivity contribution in [2.45, 2.75) is 6.04 Å². The Kier molecular flexibility index (Phi) is 4.38. The van der Waals surface area contributed by atoms with Crippen molar-refractivity contribution in [3.05, 3.63) is 28.7 Å². The van der Waals surface area contributed by atoms with Crippen LogP contribution < -0.4 is 10.6 Å². The third-order valence-corrected chi connectivity index (χ3v) is 2.54. The summed E-state index contributed by atoms with van der Waals surface area (Å²) in [5, 5.41) is 8.82. The summed E-state index contributed by atoms with van der Waals surface area (Å²) in [5.74, 6) is 0. The van der Waals surface area contributed by atoms with Gasteiger partial charge in [0.15, 0.2) is 0 Å². The fourth-order valence-corrected chi connectivity index (χ4v) is 1.47. The van der Waals surface area contributed by atoms with Crippen molar-refractivity contribution in [3.8, 4) is 0 Å². The van der Waals surface area contributed by atoms with Gasteiger partial charge in [0.25, 0.3) is 0 Å². The van der Waals surface area contributed by atoms with E-state index >= 15 is 0 Å². The van der Waals surface area contributed by atoms with Crippen molar-refractivity contribution < 1.29 is 5.11 Å². The van der Waals surface area contributed by atoms with Crippen molar-refractivity contribution in [3.63, 3.8) is 0 Å². The van der Waals surface area contributed by atoms with Gasteiger partial charge in [-0.2, -0.15) is 0 Å². The van der Waals surface area contributed by atoms with Gasteiger partial charge < -0.3 is 15.7 Å². The number of nitrogens with zero attached hydrogens (tertiary/aromatic N) is 1. The first-order chi connectivity index (χ1) is 6.63. The molecule has 1 rings (SSSR count). The van der Waals surface area contributed by atoms with Crippen LogP contribution in [-0.4, -0.2) is 31.3 Å². The predicted molar refractivity (Wildman–Crippen MR) is 62.5 cm³/mol. The van der Waals surface area contributed by atoms with Crippen LogP contribution in [0.3, 0.4) is 0 Å². The number of benzene rings is 1. The summed E-state index contributed by atoms with van der Waals surface area (Å²) in [5.41, 5.74) is 6.73. The fourth-order valence-electron chi connectivity index (χ4n) is 1.21. The monoisotopic (exact) mass is 258 g/mol. The highest BCUT2D eigenvalue weighted by atomic mass is 79.9. The quantitative estimate of drug-likeness (QED) is 0.854. The van der Waals surface area contributed by atoms with E-state index < -0.39 is 0 Å². The lowest BCUT2D eigenvalue weighted by Gasteiger charge is -2.22. The maximum absolute atomic E-state index is 8.82. The number of aliphatic hydroxyl groups is 1. The summed E-state index contributed by atoms with van der Waals surface area (Å²) < 4.78 is 1.06. The Morgan fingerprint density at radius 1 is 1.43 bits per heavy atom. The normalized spacial score (nSPS) is 12.6. The number of hydrogen-bond donors (Lipinski definition) is 2. The van der Waals surface area contributed by atoms with E-state index in [0.717, 1.165) is 10.2 Å². The van der Waals surface area contributed by atoms with E-state index in [4.69, 9.17) is 10.8 Å². The molecule has 1 aromatic carbocycles. The number of aliphatic hydroxyl groups excluding tert-OH is 1. The van der Waals surface area contributed by atoms with Crippen LogP contribution in [0.4, 0.5) is 5.69 Å². The Bertz CT molecular complexity index is 276. The zero-order valence-electron chi connectivity index (χ0n) is 8.15. The molecule has 0 radical (unpaired) electrons. The molecule has 0 fully saturated rings. The van der Waals surface area contributed by atoms with Crippen LogP contribution in [0.5, 0.6) is 0 Å².